The highest BCUT2D eigenvalue weighted by molar-refractivity contribution is 5.27. The second-order valence-electron chi connectivity index (χ2n) is 6.25. The molecule has 1 N–H and O–H groups in total. The van der Waals surface area contributed by atoms with Crippen LogP contribution in [0.5, 0.6) is 0 Å². The topological polar surface area (TPSA) is 60.8 Å². The van der Waals surface area contributed by atoms with Crippen molar-refractivity contribution in [3.05, 3.63) is 81.7 Å². The molecular weight excluding hydrogens is 296 g/mol. The number of aryl methyl sites for hydroxylation is 1. The molecule has 0 radical (unpaired) electrons. The van der Waals surface area contributed by atoms with Crippen molar-refractivity contribution in [3.8, 4) is 0 Å². The van der Waals surface area contributed by atoms with E-state index in [1.165, 1.54) is 16.7 Å². The van der Waals surface area contributed by atoms with E-state index in [9.17, 15) is 0 Å². The fraction of sp³-hybridized carbons (Fsp3) is 0.400. The van der Waals surface area contributed by atoms with Gasteiger partial charge in [0.05, 0.1) is 0 Å². The van der Waals surface area contributed by atoms with E-state index < -0.39 is 0 Å². The number of nitrogens with one attached hydrogen (secondary N) is 1. The van der Waals surface area contributed by atoms with Crippen LogP contribution < -0.4 is 5.32 Å². The van der Waals surface area contributed by atoms with Crippen molar-refractivity contribution in [1.82, 2.24) is 5.32 Å². The van der Waals surface area contributed by atoms with Gasteiger partial charge in [-0.1, -0.05) is 66.6 Å². The van der Waals surface area contributed by atoms with E-state index in [1.807, 2.05) is 0 Å². The van der Waals surface area contributed by atoms with Crippen LogP contribution in [-0.2, 0) is 6.42 Å². The van der Waals surface area contributed by atoms with Gasteiger partial charge < -0.3 is 5.32 Å². The second kappa shape index (κ2) is 9.76. The van der Waals surface area contributed by atoms with Gasteiger partial charge in [-0.2, -0.15) is 0 Å². The molecule has 4 nitrogen and oxygen atoms in total. The van der Waals surface area contributed by atoms with Crippen molar-refractivity contribution in [2.75, 3.05) is 13.1 Å². The lowest BCUT2D eigenvalue weighted by atomic mass is 9.98. The lowest BCUT2D eigenvalue weighted by molar-refractivity contribution is 0.558. The first-order valence-corrected chi connectivity index (χ1v) is 8.58. The van der Waals surface area contributed by atoms with Gasteiger partial charge in [0.2, 0.25) is 0 Å². The predicted molar refractivity (Wildman–Crippen MR) is 100 cm³/mol. The lowest BCUT2D eigenvalue weighted by Gasteiger charge is -2.16. The van der Waals surface area contributed by atoms with Crippen LogP contribution in [0.3, 0.4) is 0 Å². The third-order valence-electron chi connectivity index (χ3n) is 4.36. The molecule has 0 spiro atoms. The molecule has 0 aliphatic carbocycles. The molecule has 2 aromatic carbocycles. The minimum Gasteiger partial charge on any atom is -0.310 e. The molecule has 0 aliphatic heterocycles. The van der Waals surface area contributed by atoms with Crippen molar-refractivity contribution in [3.63, 3.8) is 0 Å². The summed E-state index contributed by atoms with van der Waals surface area (Å²) < 4.78 is 0. The highest BCUT2D eigenvalue weighted by atomic mass is 15.1. The molecule has 4 heteroatoms. The predicted octanol–water partition coefficient (Wildman–Crippen LogP) is 5.38. The fourth-order valence-corrected chi connectivity index (χ4v) is 2.75. The quantitative estimate of drug-likeness (QED) is 0.286. The van der Waals surface area contributed by atoms with Crippen molar-refractivity contribution in [2.24, 2.45) is 5.11 Å². The minimum absolute atomic E-state index is 0.254. The van der Waals surface area contributed by atoms with E-state index in [4.69, 9.17) is 5.53 Å². The van der Waals surface area contributed by atoms with Crippen molar-refractivity contribution < 1.29 is 0 Å². The Morgan fingerprint density at radius 3 is 2.33 bits per heavy atom. The molecule has 0 amide bonds. The smallest absolute Gasteiger partial charge is 0.0324 e. The van der Waals surface area contributed by atoms with E-state index >= 15 is 0 Å². The zero-order valence-corrected chi connectivity index (χ0v) is 14.5. The van der Waals surface area contributed by atoms with E-state index in [-0.39, 0.29) is 5.92 Å². The summed E-state index contributed by atoms with van der Waals surface area (Å²) >= 11 is 0. The summed E-state index contributed by atoms with van der Waals surface area (Å²) in [6, 6.07) is 19.5. The number of benzene rings is 2. The van der Waals surface area contributed by atoms with Gasteiger partial charge in [-0.15, -0.1) is 0 Å². The van der Waals surface area contributed by atoms with Crippen LogP contribution in [0.4, 0.5) is 0 Å². The Labute approximate surface area is 144 Å². The Kier molecular flexibility index (Phi) is 7.34. The number of hydrogen-bond acceptors (Lipinski definition) is 2. The van der Waals surface area contributed by atoms with E-state index in [0.717, 1.165) is 19.4 Å². The Morgan fingerprint density at radius 1 is 1.00 bits per heavy atom. The van der Waals surface area contributed by atoms with Crippen LogP contribution in [0.1, 0.15) is 48.9 Å². The molecule has 0 saturated carbocycles. The van der Waals surface area contributed by atoms with Crippen molar-refractivity contribution >= 4 is 0 Å². The van der Waals surface area contributed by atoms with Crippen molar-refractivity contribution in [1.29, 1.82) is 0 Å². The molecule has 2 rings (SSSR count). The summed E-state index contributed by atoms with van der Waals surface area (Å²) in [5.74, 6) is 0.254. The number of azide groups is 1. The van der Waals surface area contributed by atoms with Crippen LogP contribution in [0.25, 0.3) is 10.4 Å². The Hall–Kier alpha value is -2.29. The van der Waals surface area contributed by atoms with Gasteiger partial charge in [-0.3, -0.25) is 0 Å². The van der Waals surface area contributed by atoms with Crippen LogP contribution in [0, 0.1) is 0 Å². The summed E-state index contributed by atoms with van der Waals surface area (Å²) in [6.45, 7) is 5.78. The Balaban J connectivity index is 1.77. The van der Waals surface area contributed by atoms with Gasteiger partial charge in [-0.05, 0) is 54.4 Å². The van der Waals surface area contributed by atoms with Crippen LogP contribution in [0.2, 0.25) is 0 Å². The van der Waals surface area contributed by atoms with E-state index in [0.29, 0.717) is 12.6 Å². The van der Waals surface area contributed by atoms with Crippen LogP contribution in [0.15, 0.2) is 59.7 Å². The summed E-state index contributed by atoms with van der Waals surface area (Å²) in [5.41, 5.74) is 12.3. The van der Waals surface area contributed by atoms with E-state index in [1.54, 1.807) is 0 Å². The molecule has 2 atom stereocenters. The Bertz CT molecular complexity index is 645. The fourth-order valence-electron chi connectivity index (χ4n) is 2.75. The average molecular weight is 322 g/mol. The van der Waals surface area contributed by atoms with Gasteiger partial charge in [0, 0.05) is 17.5 Å². The lowest BCUT2D eigenvalue weighted by Crippen LogP contribution is -2.20. The molecule has 0 aromatic heterocycles. The number of nitrogens with zero attached hydrogens (tertiary/aromatic N) is 3. The minimum atomic E-state index is 0.254. The molecule has 0 heterocycles. The molecule has 0 aliphatic rings. The largest absolute Gasteiger partial charge is 0.310 e. The standard InChI is InChI=1S/C20H26N4/c1-16(15-23-24-21)19-10-12-20(13-11-19)17(2)22-14-6-9-18-7-4-3-5-8-18/h3-5,7-8,10-13,16-17,22H,6,9,14-15H2,1-2H3. The first kappa shape index (κ1) is 18.1. The highest BCUT2D eigenvalue weighted by Crippen LogP contribution is 2.19. The summed E-state index contributed by atoms with van der Waals surface area (Å²) in [5, 5.41) is 7.23. The second-order valence-corrected chi connectivity index (χ2v) is 6.25. The maximum atomic E-state index is 8.40. The molecule has 2 aromatic rings. The number of rotatable bonds is 9. The summed E-state index contributed by atoms with van der Waals surface area (Å²) in [4.78, 5) is 2.83. The normalized spacial score (nSPS) is 13.1. The molecule has 0 fully saturated rings. The Morgan fingerprint density at radius 2 is 1.67 bits per heavy atom. The summed E-state index contributed by atoms with van der Waals surface area (Å²) in [6.07, 6.45) is 2.24. The van der Waals surface area contributed by atoms with Crippen LogP contribution in [-0.4, -0.2) is 13.1 Å². The highest BCUT2D eigenvalue weighted by Gasteiger charge is 2.07. The zero-order chi connectivity index (χ0) is 17.2. The van der Waals surface area contributed by atoms with Crippen molar-refractivity contribution in [2.45, 2.75) is 38.6 Å². The van der Waals surface area contributed by atoms with E-state index in [2.05, 4.69) is 83.8 Å². The van der Waals surface area contributed by atoms with Crippen LogP contribution >= 0.6 is 0 Å². The third-order valence-corrected chi connectivity index (χ3v) is 4.36. The van der Waals surface area contributed by atoms with Gasteiger partial charge >= 0.3 is 0 Å². The molecular formula is C20H26N4. The molecule has 0 saturated heterocycles. The van der Waals surface area contributed by atoms with Gasteiger partial charge in [-0.25, -0.2) is 0 Å². The summed E-state index contributed by atoms with van der Waals surface area (Å²) in [7, 11) is 0. The average Bonchev–Trinajstić information content (AvgIpc) is 2.64. The maximum absolute atomic E-state index is 8.40. The maximum Gasteiger partial charge on any atom is 0.0324 e. The third kappa shape index (κ3) is 5.73. The first-order chi connectivity index (χ1) is 11.7. The van der Waals surface area contributed by atoms with Gasteiger partial charge in [0.1, 0.15) is 0 Å². The SMILES string of the molecule is CC(CN=[N+]=[N-])c1ccc(C(C)NCCCc2ccccc2)cc1. The molecule has 24 heavy (non-hydrogen) atoms. The molecule has 126 valence electrons. The van der Waals surface area contributed by atoms with Gasteiger partial charge in [0.25, 0.3) is 0 Å². The first-order valence-electron chi connectivity index (χ1n) is 8.58. The monoisotopic (exact) mass is 322 g/mol. The molecule has 2 unspecified atom stereocenters. The zero-order valence-electron chi connectivity index (χ0n) is 14.5. The molecule has 0 bridgehead atoms. The van der Waals surface area contributed by atoms with Gasteiger partial charge in [0.15, 0.2) is 0 Å². The number of hydrogen-bond donors (Lipinski definition) is 1.